The number of rotatable bonds is 1. The highest BCUT2D eigenvalue weighted by atomic mass is 15.0. The van der Waals surface area contributed by atoms with E-state index in [1.54, 1.807) is 5.56 Å². The van der Waals surface area contributed by atoms with Gasteiger partial charge in [0.25, 0.3) is 0 Å². The van der Waals surface area contributed by atoms with Crippen LogP contribution in [0.1, 0.15) is 42.7 Å². The summed E-state index contributed by atoms with van der Waals surface area (Å²) in [6.07, 6.45) is 5.49. The molecule has 2 saturated heterocycles. The summed E-state index contributed by atoms with van der Waals surface area (Å²) < 4.78 is 0. The van der Waals surface area contributed by atoms with E-state index in [1.807, 2.05) is 0 Å². The second-order valence-corrected chi connectivity index (χ2v) is 5.22. The molecule has 80 valence electrons. The minimum absolute atomic E-state index is 0.800. The summed E-state index contributed by atoms with van der Waals surface area (Å²) in [5, 5.41) is 3.70. The van der Waals surface area contributed by atoms with Crippen LogP contribution in [-0.4, -0.2) is 12.1 Å². The van der Waals surface area contributed by atoms with Gasteiger partial charge >= 0.3 is 0 Å². The first-order valence-corrected chi connectivity index (χ1v) is 6.14. The summed E-state index contributed by atoms with van der Waals surface area (Å²) in [6.45, 7) is 2.19. The highest BCUT2D eigenvalue weighted by molar-refractivity contribution is 5.26. The van der Waals surface area contributed by atoms with Crippen LogP contribution in [0.5, 0.6) is 0 Å². The smallest absolute Gasteiger partial charge is 0.00760 e. The Morgan fingerprint density at radius 2 is 1.87 bits per heavy atom. The summed E-state index contributed by atoms with van der Waals surface area (Å²) >= 11 is 0. The van der Waals surface area contributed by atoms with Gasteiger partial charge in [0.2, 0.25) is 0 Å². The molecule has 3 atom stereocenters. The number of fused-ring (bicyclic) bond motifs is 2. The number of benzene rings is 1. The molecule has 0 aromatic heterocycles. The van der Waals surface area contributed by atoms with E-state index < -0.39 is 0 Å². The van der Waals surface area contributed by atoms with Crippen LogP contribution in [0.25, 0.3) is 0 Å². The minimum atomic E-state index is 0.800. The lowest BCUT2D eigenvalue weighted by molar-refractivity contribution is 0.363. The predicted octanol–water partition coefficient (Wildman–Crippen LogP) is 2.99. The van der Waals surface area contributed by atoms with Crippen molar-refractivity contribution in [2.45, 2.75) is 50.6 Å². The molecule has 1 unspecified atom stereocenters. The second kappa shape index (κ2) is 3.64. The summed E-state index contributed by atoms with van der Waals surface area (Å²) in [5.74, 6) is 0.809. The van der Waals surface area contributed by atoms with Gasteiger partial charge in [-0.05, 0) is 44.1 Å². The normalized spacial score (nSPS) is 34.3. The Morgan fingerprint density at radius 3 is 2.53 bits per heavy atom. The van der Waals surface area contributed by atoms with E-state index in [0.717, 1.165) is 18.0 Å². The number of hydrogen-bond donors (Lipinski definition) is 1. The molecule has 2 bridgehead atoms. The maximum Gasteiger partial charge on any atom is 0.00760 e. The maximum absolute atomic E-state index is 3.70. The van der Waals surface area contributed by atoms with Crippen LogP contribution in [0.3, 0.4) is 0 Å². The molecule has 0 radical (unpaired) electrons. The maximum atomic E-state index is 3.70. The van der Waals surface area contributed by atoms with Crippen molar-refractivity contribution in [3.8, 4) is 0 Å². The van der Waals surface area contributed by atoms with Gasteiger partial charge in [0.05, 0.1) is 0 Å². The van der Waals surface area contributed by atoms with E-state index in [9.17, 15) is 0 Å². The third-order valence-electron chi connectivity index (χ3n) is 3.99. The zero-order chi connectivity index (χ0) is 10.3. The van der Waals surface area contributed by atoms with Crippen LogP contribution in [-0.2, 0) is 0 Å². The van der Waals surface area contributed by atoms with Crippen molar-refractivity contribution in [2.75, 3.05) is 0 Å². The van der Waals surface area contributed by atoms with E-state index in [4.69, 9.17) is 0 Å². The highest BCUT2D eigenvalue weighted by Gasteiger charge is 2.33. The van der Waals surface area contributed by atoms with Crippen LogP contribution in [0.4, 0.5) is 0 Å². The average molecular weight is 201 g/mol. The lowest BCUT2D eigenvalue weighted by atomic mass is 9.86. The van der Waals surface area contributed by atoms with Gasteiger partial charge in [-0.15, -0.1) is 0 Å². The summed E-state index contributed by atoms with van der Waals surface area (Å²) in [4.78, 5) is 0. The fraction of sp³-hybridized carbons (Fsp3) is 0.571. The highest BCUT2D eigenvalue weighted by Crippen LogP contribution is 2.37. The van der Waals surface area contributed by atoms with Gasteiger partial charge in [0.15, 0.2) is 0 Å². The predicted molar refractivity (Wildman–Crippen MR) is 63.1 cm³/mol. The van der Waals surface area contributed by atoms with Crippen molar-refractivity contribution < 1.29 is 0 Å². The first-order chi connectivity index (χ1) is 7.31. The quantitative estimate of drug-likeness (QED) is 0.736. The number of hydrogen-bond acceptors (Lipinski definition) is 1. The van der Waals surface area contributed by atoms with Gasteiger partial charge in [-0.1, -0.05) is 29.8 Å². The van der Waals surface area contributed by atoms with Gasteiger partial charge in [-0.25, -0.2) is 0 Å². The Labute approximate surface area is 91.9 Å². The van der Waals surface area contributed by atoms with E-state index in [-0.39, 0.29) is 0 Å². The van der Waals surface area contributed by atoms with E-state index >= 15 is 0 Å². The molecule has 15 heavy (non-hydrogen) atoms. The molecule has 0 spiro atoms. The zero-order valence-corrected chi connectivity index (χ0v) is 9.37. The average Bonchev–Trinajstić information content (AvgIpc) is 2.58. The molecule has 1 nitrogen and oxygen atoms in total. The largest absolute Gasteiger partial charge is 0.311 e. The molecule has 1 aromatic carbocycles. The van der Waals surface area contributed by atoms with Crippen molar-refractivity contribution in [3.05, 3.63) is 35.4 Å². The van der Waals surface area contributed by atoms with E-state index in [0.29, 0.717) is 0 Å². The van der Waals surface area contributed by atoms with Crippen molar-refractivity contribution in [3.63, 3.8) is 0 Å². The molecule has 2 aliphatic heterocycles. The second-order valence-electron chi connectivity index (χ2n) is 5.22. The topological polar surface area (TPSA) is 12.0 Å². The lowest BCUT2D eigenvalue weighted by Gasteiger charge is -2.29. The molecule has 2 aliphatic rings. The summed E-state index contributed by atoms with van der Waals surface area (Å²) in [7, 11) is 0. The van der Waals surface area contributed by atoms with Crippen molar-refractivity contribution in [2.24, 2.45) is 0 Å². The Kier molecular flexibility index (Phi) is 2.28. The monoisotopic (exact) mass is 201 g/mol. The molecule has 1 N–H and O–H groups in total. The van der Waals surface area contributed by atoms with Gasteiger partial charge < -0.3 is 5.32 Å². The van der Waals surface area contributed by atoms with Crippen molar-refractivity contribution in [1.29, 1.82) is 0 Å². The van der Waals surface area contributed by atoms with Crippen molar-refractivity contribution >= 4 is 0 Å². The molecule has 3 rings (SSSR count). The summed E-state index contributed by atoms with van der Waals surface area (Å²) in [6, 6.07) is 10.7. The fourth-order valence-electron chi connectivity index (χ4n) is 3.25. The Balaban J connectivity index is 1.83. The Morgan fingerprint density at radius 1 is 1.13 bits per heavy atom. The van der Waals surface area contributed by atoms with E-state index in [2.05, 4.69) is 36.5 Å². The minimum Gasteiger partial charge on any atom is -0.311 e. The first-order valence-electron chi connectivity index (χ1n) is 6.14. The number of aryl methyl sites for hydroxylation is 1. The molecule has 1 heteroatoms. The zero-order valence-electron chi connectivity index (χ0n) is 9.37. The van der Waals surface area contributed by atoms with Crippen molar-refractivity contribution in [1.82, 2.24) is 5.32 Å². The van der Waals surface area contributed by atoms with Crippen LogP contribution < -0.4 is 5.32 Å². The van der Waals surface area contributed by atoms with Gasteiger partial charge in [0, 0.05) is 12.1 Å². The third-order valence-corrected chi connectivity index (χ3v) is 3.99. The molecular weight excluding hydrogens is 182 g/mol. The van der Waals surface area contributed by atoms with Gasteiger partial charge in [0.1, 0.15) is 0 Å². The molecule has 0 aliphatic carbocycles. The molecule has 0 saturated carbocycles. The molecule has 2 heterocycles. The number of piperidine rings is 1. The van der Waals surface area contributed by atoms with Crippen LogP contribution in [0, 0.1) is 6.92 Å². The van der Waals surface area contributed by atoms with Gasteiger partial charge in [-0.2, -0.15) is 0 Å². The van der Waals surface area contributed by atoms with Crippen LogP contribution >= 0.6 is 0 Å². The van der Waals surface area contributed by atoms with E-state index in [1.165, 1.54) is 31.2 Å². The lowest BCUT2D eigenvalue weighted by Crippen LogP contribution is -2.37. The summed E-state index contributed by atoms with van der Waals surface area (Å²) in [5.41, 5.74) is 2.96. The fourth-order valence-corrected chi connectivity index (χ4v) is 3.25. The molecular formula is C14H19N. The van der Waals surface area contributed by atoms with Gasteiger partial charge in [-0.3, -0.25) is 0 Å². The van der Waals surface area contributed by atoms with Crippen LogP contribution in [0.2, 0.25) is 0 Å². The number of nitrogens with one attached hydrogen (secondary N) is 1. The Hall–Kier alpha value is -0.820. The third kappa shape index (κ3) is 1.81. The Bertz CT molecular complexity index is 346. The van der Waals surface area contributed by atoms with Crippen LogP contribution in [0.15, 0.2) is 24.3 Å². The first kappa shape index (κ1) is 9.41. The molecule has 0 amide bonds. The SMILES string of the molecule is Cc1cccc(C2C[C@H]3CC[C@@H](C2)N3)c1. The molecule has 2 fully saturated rings. The standard InChI is InChI=1S/C14H19N/c1-10-3-2-4-11(7-10)12-8-13-5-6-14(9-12)15-13/h2-4,7,12-15H,5-6,8-9H2,1H3/t12?,13-,14+. The molecule has 1 aromatic rings.